The van der Waals surface area contributed by atoms with E-state index in [9.17, 15) is 0 Å². The Morgan fingerprint density at radius 1 is 1.22 bits per heavy atom. The molecule has 1 atom stereocenters. The first-order valence-electron chi connectivity index (χ1n) is 7.86. The normalized spacial score (nSPS) is 19.3. The van der Waals surface area contributed by atoms with Gasteiger partial charge in [-0.1, -0.05) is 47.0 Å². The van der Waals surface area contributed by atoms with E-state index >= 15 is 0 Å². The fraction of sp³-hybridized carbons (Fsp3) is 1.00. The van der Waals surface area contributed by atoms with Crippen molar-refractivity contribution < 1.29 is 0 Å². The van der Waals surface area contributed by atoms with E-state index < -0.39 is 0 Å². The quantitative estimate of drug-likeness (QED) is 0.677. The van der Waals surface area contributed by atoms with Crippen molar-refractivity contribution in [1.82, 2.24) is 5.32 Å². The maximum Gasteiger partial charge on any atom is 0.0158 e. The third-order valence-electron chi connectivity index (χ3n) is 3.81. The molecule has 0 aromatic rings. The van der Waals surface area contributed by atoms with Crippen LogP contribution in [0.2, 0.25) is 0 Å². The molecular formula is C16H33NS. The van der Waals surface area contributed by atoms with Gasteiger partial charge < -0.3 is 5.32 Å². The molecule has 0 aliphatic heterocycles. The van der Waals surface area contributed by atoms with Gasteiger partial charge in [-0.05, 0) is 37.6 Å². The third-order valence-corrected chi connectivity index (χ3v) is 5.35. The van der Waals surface area contributed by atoms with Crippen molar-refractivity contribution in [3.63, 3.8) is 0 Å². The zero-order valence-corrected chi connectivity index (χ0v) is 13.7. The Morgan fingerprint density at radius 2 is 1.89 bits per heavy atom. The van der Waals surface area contributed by atoms with Gasteiger partial charge in [0.2, 0.25) is 0 Å². The van der Waals surface area contributed by atoms with Crippen molar-refractivity contribution in [3.05, 3.63) is 0 Å². The lowest BCUT2D eigenvalue weighted by Crippen LogP contribution is -2.32. The molecule has 0 spiro atoms. The summed E-state index contributed by atoms with van der Waals surface area (Å²) in [5.74, 6) is 1.32. The van der Waals surface area contributed by atoms with E-state index in [4.69, 9.17) is 0 Å². The molecule has 1 aliphatic carbocycles. The standard InChI is InChI=1S/C16H33NS/c1-5-17-14(9-8-12-16(2,3)4)13-18-15-10-6-7-11-15/h14-15,17H,5-13H2,1-4H3. The Bertz CT molecular complexity index is 204. The van der Waals surface area contributed by atoms with Gasteiger partial charge in [0, 0.05) is 17.0 Å². The average molecular weight is 272 g/mol. The van der Waals surface area contributed by atoms with Gasteiger partial charge in [0.1, 0.15) is 0 Å². The molecule has 0 aromatic heterocycles. The first kappa shape index (κ1) is 16.4. The molecule has 1 nitrogen and oxygen atoms in total. The van der Waals surface area contributed by atoms with Crippen LogP contribution < -0.4 is 5.32 Å². The van der Waals surface area contributed by atoms with Gasteiger partial charge in [-0.25, -0.2) is 0 Å². The Hall–Kier alpha value is 0.310. The van der Waals surface area contributed by atoms with Gasteiger partial charge in [-0.15, -0.1) is 0 Å². The van der Waals surface area contributed by atoms with Crippen molar-refractivity contribution in [2.24, 2.45) is 5.41 Å². The van der Waals surface area contributed by atoms with Crippen LogP contribution in [0.4, 0.5) is 0 Å². The molecule has 0 amide bonds. The summed E-state index contributed by atoms with van der Waals surface area (Å²) in [6, 6.07) is 0.739. The zero-order valence-electron chi connectivity index (χ0n) is 12.9. The van der Waals surface area contributed by atoms with Crippen LogP contribution in [-0.2, 0) is 0 Å². The largest absolute Gasteiger partial charge is 0.313 e. The summed E-state index contributed by atoms with van der Waals surface area (Å²) in [6.45, 7) is 10.4. The Morgan fingerprint density at radius 3 is 2.44 bits per heavy atom. The first-order chi connectivity index (χ1) is 8.51. The highest BCUT2D eigenvalue weighted by Gasteiger charge is 2.18. The number of thioether (sulfide) groups is 1. The van der Waals surface area contributed by atoms with E-state index in [-0.39, 0.29) is 0 Å². The summed E-state index contributed by atoms with van der Waals surface area (Å²) in [5.41, 5.74) is 0.495. The summed E-state index contributed by atoms with van der Waals surface area (Å²) < 4.78 is 0. The lowest BCUT2D eigenvalue weighted by molar-refractivity contribution is 0.348. The van der Waals surface area contributed by atoms with Crippen molar-refractivity contribution in [2.75, 3.05) is 12.3 Å². The molecule has 0 bridgehead atoms. The molecule has 18 heavy (non-hydrogen) atoms. The van der Waals surface area contributed by atoms with Gasteiger partial charge in [-0.2, -0.15) is 11.8 Å². The molecule has 108 valence electrons. The summed E-state index contributed by atoms with van der Waals surface area (Å²) in [4.78, 5) is 0. The highest BCUT2D eigenvalue weighted by molar-refractivity contribution is 7.99. The average Bonchev–Trinajstić information content (AvgIpc) is 2.77. The molecule has 0 heterocycles. The number of hydrogen-bond donors (Lipinski definition) is 1. The summed E-state index contributed by atoms with van der Waals surface area (Å²) in [7, 11) is 0. The van der Waals surface area contributed by atoms with E-state index in [0.29, 0.717) is 5.41 Å². The highest BCUT2D eigenvalue weighted by Crippen LogP contribution is 2.30. The topological polar surface area (TPSA) is 12.0 Å². The maximum atomic E-state index is 3.67. The first-order valence-corrected chi connectivity index (χ1v) is 8.91. The maximum absolute atomic E-state index is 3.67. The molecule has 1 N–H and O–H groups in total. The minimum atomic E-state index is 0.495. The molecular weight excluding hydrogens is 238 g/mol. The van der Waals surface area contributed by atoms with Crippen LogP contribution in [0.1, 0.15) is 72.6 Å². The fourth-order valence-electron chi connectivity index (χ4n) is 2.72. The molecule has 1 unspecified atom stereocenters. The summed E-state index contributed by atoms with van der Waals surface area (Å²) >= 11 is 2.23. The molecule has 1 aliphatic rings. The third kappa shape index (κ3) is 7.68. The number of hydrogen-bond acceptors (Lipinski definition) is 2. The molecule has 1 fully saturated rings. The Balaban J connectivity index is 2.17. The van der Waals surface area contributed by atoms with Crippen LogP contribution in [0.3, 0.4) is 0 Å². The minimum Gasteiger partial charge on any atom is -0.313 e. The Kier molecular flexibility index (Phi) is 7.70. The van der Waals surface area contributed by atoms with Crippen molar-refractivity contribution in [2.45, 2.75) is 83.9 Å². The monoisotopic (exact) mass is 271 g/mol. The molecule has 0 saturated heterocycles. The Labute approximate surface area is 119 Å². The predicted molar refractivity (Wildman–Crippen MR) is 85.5 cm³/mol. The highest BCUT2D eigenvalue weighted by atomic mass is 32.2. The van der Waals surface area contributed by atoms with Crippen LogP contribution in [0.15, 0.2) is 0 Å². The van der Waals surface area contributed by atoms with Gasteiger partial charge >= 0.3 is 0 Å². The number of rotatable bonds is 8. The zero-order chi connectivity index (χ0) is 13.4. The lowest BCUT2D eigenvalue weighted by Gasteiger charge is -2.22. The second-order valence-corrected chi connectivity index (χ2v) is 8.28. The number of nitrogens with one attached hydrogen (secondary N) is 1. The van der Waals surface area contributed by atoms with E-state index in [2.05, 4.69) is 44.8 Å². The van der Waals surface area contributed by atoms with Crippen molar-refractivity contribution >= 4 is 11.8 Å². The van der Waals surface area contributed by atoms with Crippen LogP contribution in [0, 0.1) is 5.41 Å². The fourth-order valence-corrected chi connectivity index (χ4v) is 4.17. The summed E-state index contributed by atoms with van der Waals surface area (Å²) in [5, 5.41) is 4.64. The SMILES string of the molecule is CCNC(CCCC(C)(C)C)CSC1CCCC1. The van der Waals surface area contributed by atoms with E-state index in [0.717, 1.165) is 17.8 Å². The molecule has 1 rings (SSSR count). The van der Waals surface area contributed by atoms with Crippen LogP contribution >= 0.6 is 11.8 Å². The molecule has 0 radical (unpaired) electrons. The van der Waals surface area contributed by atoms with Gasteiger partial charge in [0.15, 0.2) is 0 Å². The second kappa shape index (κ2) is 8.47. The van der Waals surface area contributed by atoms with Gasteiger partial charge in [0.25, 0.3) is 0 Å². The van der Waals surface area contributed by atoms with E-state index in [1.54, 1.807) is 0 Å². The minimum absolute atomic E-state index is 0.495. The predicted octanol–water partition coefficient (Wildman–Crippen LogP) is 4.86. The van der Waals surface area contributed by atoms with Gasteiger partial charge in [-0.3, -0.25) is 0 Å². The van der Waals surface area contributed by atoms with E-state index in [1.165, 1.54) is 50.7 Å². The van der Waals surface area contributed by atoms with Crippen LogP contribution in [-0.4, -0.2) is 23.6 Å². The molecule has 1 saturated carbocycles. The summed E-state index contributed by atoms with van der Waals surface area (Å²) in [6.07, 6.45) is 9.93. The van der Waals surface area contributed by atoms with Crippen molar-refractivity contribution in [3.8, 4) is 0 Å². The van der Waals surface area contributed by atoms with Crippen molar-refractivity contribution in [1.29, 1.82) is 0 Å². The second-order valence-electron chi connectivity index (χ2n) is 6.95. The van der Waals surface area contributed by atoms with Crippen LogP contribution in [0.25, 0.3) is 0 Å². The smallest absolute Gasteiger partial charge is 0.0158 e. The lowest BCUT2D eigenvalue weighted by atomic mass is 9.89. The van der Waals surface area contributed by atoms with Gasteiger partial charge in [0.05, 0.1) is 0 Å². The van der Waals surface area contributed by atoms with E-state index in [1.807, 2.05) is 0 Å². The molecule has 2 heteroatoms. The van der Waals surface area contributed by atoms with Crippen LogP contribution in [0.5, 0.6) is 0 Å². The molecule has 0 aromatic carbocycles.